The Morgan fingerprint density at radius 2 is 0.962 bits per heavy atom. The normalized spacial score (nSPS) is 11.5. The maximum Gasteiger partial charge on any atom is 0.111 e. The van der Waals surface area contributed by atoms with Crippen LogP contribution < -0.4 is 0 Å². The third-order valence-corrected chi connectivity index (χ3v) is 4.79. The lowest BCUT2D eigenvalue weighted by molar-refractivity contribution is 0.997. The molecule has 0 unspecified atom stereocenters. The molecule has 2 heterocycles. The maximum atomic E-state index is 4.81. The standard InChI is InChI=1S/C22H18N4/c1-15-23-19-13-22-20(14-21(19)25(15)17-9-5-3-6-10-17)24-16(2)26(22)18-11-7-4-8-12-18/h3-14H,1-2H3. The van der Waals surface area contributed by atoms with Crippen LogP contribution in [-0.4, -0.2) is 19.1 Å². The van der Waals surface area contributed by atoms with Crippen molar-refractivity contribution in [2.45, 2.75) is 13.8 Å². The van der Waals surface area contributed by atoms with Crippen LogP contribution in [0.4, 0.5) is 0 Å². The molecule has 0 aliphatic carbocycles. The van der Waals surface area contributed by atoms with E-state index in [-0.39, 0.29) is 0 Å². The maximum absolute atomic E-state index is 4.81. The Morgan fingerprint density at radius 3 is 1.35 bits per heavy atom. The smallest absolute Gasteiger partial charge is 0.111 e. The van der Waals surface area contributed by atoms with Crippen molar-refractivity contribution in [2.75, 3.05) is 0 Å². The van der Waals surface area contributed by atoms with Gasteiger partial charge in [0.15, 0.2) is 0 Å². The van der Waals surface area contributed by atoms with Crippen LogP contribution in [0.3, 0.4) is 0 Å². The Balaban J connectivity index is 1.82. The van der Waals surface area contributed by atoms with Gasteiger partial charge in [-0.15, -0.1) is 0 Å². The molecule has 0 bridgehead atoms. The Labute approximate surface area is 151 Å². The van der Waals surface area contributed by atoms with E-state index in [4.69, 9.17) is 9.97 Å². The van der Waals surface area contributed by atoms with Crippen LogP contribution in [0.1, 0.15) is 11.6 Å². The van der Waals surface area contributed by atoms with Crippen molar-refractivity contribution in [3.8, 4) is 11.4 Å². The van der Waals surface area contributed by atoms with Crippen LogP contribution >= 0.6 is 0 Å². The summed E-state index contributed by atoms with van der Waals surface area (Å²) in [6.45, 7) is 4.09. The fraction of sp³-hybridized carbons (Fsp3) is 0.0909. The molecule has 4 heteroatoms. The highest BCUT2D eigenvalue weighted by Gasteiger charge is 2.15. The molecule has 0 spiro atoms. The second-order valence-electron chi connectivity index (χ2n) is 6.49. The van der Waals surface area contributed by atoms with Gasteiger partial charge in [-0.25, -0.2) is 9.97 Å². The first-order valence-electron chi connectivity index (χ1n) is 8.71. The van der Waals surface area contributed by atoms with Crippen molar-refractivity contribution in [1.82, 2.24) is 19.1 Å². The van der Waals surface area contributed by atoms with E-state index in [1.54, 1.807) is 0 Å². The zero-order valence-electron chi connectivity index (χ0n) is 14.7. The molecule has 0 atom stereocenters. The summed E-state index contributed by atoms with van der Waals surface area (Å²) in [5, 5.41) is 0. The molecule has 2 aromatic heterocycles. The molecule has 0 N–H and O–H groups in total. The second-order valence-corrected chi connectivity index (χ2v) is 6.49. The molecule has 5 aromatic rings. The van der Waals surface area contributed by atoms with E-state index < -0.39 is 0 Å². The molecule has 0 radical (unpaired) electrons. The van der Waals surface area contributed by atoms with Crippen molar-refractivity contribution in [2.24, 2.45) is 0 Å². The summed E-state index contributed by atoms with van der Waals surface area (Å²) >= 11 is 0. The number of para-hydroxylation sites is 2. The molecule has 0 saturated heterocycles. The van der Waals surface area contributed by atoms with Gasteiger partial charge in [-0.05, 0) is 50.2 Å². The van der Waals surface area contributed by atoms with E-state index in [2.05, 4.69) is 45.5 Å². The average Bonchev–Trinajstić information content (AvgIpc) is 3.15. The van der Waals surface area contributed by atoms with Crippen molar-refractivity contribution in [3.63, 3.8) is 0 Å². The summed E-state index contributed by atoms with van der Waals surface area (Å²) in [5.74, 6) is 1.95. The molecule has 0 saturated carbocycles. The zero-order valence-corrected chi connectivity index (χ0v) is 14.7. The van der Waals surface area contributed by atoms with E-state index in [0.717, 1.165) is 45.1 Å². The second kappa shape index (κ2) is 5.56. The first-order chi connectivity index (χ1) is 12.7. The lowest BCUT2D eigenvalue weighted by Gasteiger charge is -2.07. The Bertz CT molecular complexity index is 1130. The molecular weight excluding hydrogens is 320 g/mol. The number of fused-ring (bicyclic) bond motifs is 2. The quantitative estimate of drug-likeness (QED) is 0.455. The third kappa shape index (κ3) is 2.15. The van der Waals surface area contributed by atoms with Gasteiger partial charge in [-0.2, -0.15) is 0 Å². The van der Waals surface area contributed by atoms with Crippen molar-refractivity contribution in [1.29, 1.82) is 0 Å². The highest BCUT2D eigenvalue weighted by molar-refractivity contribution is 5.93. The number of imidazole rings is 2. The number of aromatic nitrogens is 4. The molecule has 0 fully saturated rings. The highest BCUT2D eigenvalue weighted by atomic mass is 15.1. The Kier molecular flexibility index (Phi) is 3.19. The Hall–Kier alpha value is -3.40. The minimum atomic E-state index is 0.974. The average molecular weight is 338 g/mol. The van der Waals surface area contributed by atoms with Gasteiger partial charge in [-0.3, -0.25) is 9.13 Å². The minimum absolute atomic E-state index is 0.974. The van der Waals surface area contributed by atoms with E-state index in [1.165, 1.54) is 0 Å². The van der Waals surface area contributed by atoms with Crippen LogP contribution in [-0.2, 0) is 0 Å². The molecule has 126 valence electrons. The fourth-order valence-corrected chi connectivity index (χ4v) is 3.70. The van der Waals surface area contributed by atoms with Gasteiger partial charge in [0, 0.05) is 11.4 Å². The van der Waals surface area contributed by atoms with Crippen LogP contribution in [0.25, 0.3) is 33.4 Å². The number of hydrogen-bond donors (Lipinski definition) is 0. The molecule has 0 aliphatic heterocycles. The summed E-state index contributed by atoms with van der Waals surface area (Å²) in [5.41, 5.74) is 6.36. The van der Waals surface area contributed by atoms with E-state index in [9.17, 15) is 0 Å². The van der Waals surface area contributed by atoms with Gasteiger partial charge in [0.1, 0.15) is 11.6 Å². The summed E-state index contributed by atoms with van der Waals surface area (Å²) in [6.07, 6.45) is 0. The lowest BCUT2D eigenvalue weighted by atomic mass is 10.2. The van der Waals surface area contributed by atoms with Crippen LogP contribution in [0.15, 0.2) is 72.8 Å². The van der Waals surface area contributed by atoms with Gasteiger partial charge < -0.3 is 0 Å². The Morgan fingerprint density at radius 1 is 0.577 bits per heavy atom. The molecule has 0 amide bonds. The molecule has 26 heavy (non-hydrogen) atoms. The van der Waals surface area contributed by atoms with Gasteiger partial charge >= 0.3 is 0 Å². The largest absolute Gasteiger partial charge is 0.296 e. The van der Waals surface area contributed by atoms with Crippen molar-refractivity contribution >= 4 is 22.1 Å². The summed E-state index contributed by atoms with van der Waals surface area (Å²) in [4.78, 5) is 9.61. The van der Waals surface area contributed by atoms with Crippen LogP contribution in [0.2, 0.25) is 0 Å². The van der Waals surface area contributed by atoms with Crippen molar-refractivity contribution < 1.29 is 0 Å². The molecular formula is C22H18N4. The number of hydrogen-bond acceptors (Lipinski definition) is 2. The van der Waals surface area contributed by atoms with E-state index >= 15 is 0 Å². The van der Waals surface area contributed by atoms with Gasteiger partial charge in [-0.1, -0.05) is 36.4 Å². The predicted octanol–water partition coefficient (Wildman–Crippen LogP) is 4.98. The topological polar surface area (TPSA) is 35.6 Å². The first kappa shape index (κ1) is 14.9. The van der Waals surface area contributed by atoms with Crippen molar-refractivity contribution in [3.05, 3.63) is 84.4 Å². The highest BCUT2D eigenvalue weighted by Crippen LogP contribution is 2.28. The number of benzene rings is 3. The number of nitrogens with zero attached hydrogens (tertiary/aromatic N) is 4. The lowest BCUT2D eigenvalue weighted by Crippen LogP contribution is -1.96. The van der Waals surface area contributed by atoms with Crippen LogP contribution in [0, 0.1) is 13.8 Å². The summed E-state index contributed by atoms with van der Waals surface area (Å²) < 4.78 is 4.37. The monoisotopic (exact) mass is 338 g/mol. The third-order valence-electron chi connectivity index (χ3n) is 4.79. The predicted molar refractivity (Wildman–Crippen MR) is 105 cm³/mol. The summed E-state index contributed by atoms with van der Waals surface area (Å²) in [6, 6.07) is 25.0. The SMILES string of the molecule is Cc1nc2cc3c(cc2n1-c1ccccc1)nc(C)n3-c1ccccc1. The van der Waals surface area contributed by atoms with Crippen LogP contribution in [0.5, 0.6) is 0 Å². The molecule has 4 nitrogen and oxygen atoms in total. The fourth-order valence-electron chi connectivity index (χ4n) is 3.70. The zero-order chi connectivity index (χ0) is 17.7. The summed E-state index contributed by atoms with van der Waals surface area (Å²) in [7, 11) is 0. The number of rotatable bonds is 2. The molecule has 5 rings (SSSR count). The first-order valence-corrected chi connectivity index (χ1v) is 8.71. The van der Waals surface area contributed by atoms with E-state index in [0.29, 0.717) is 0 Å². The minimum Gasteiger partial charge on any atom is -0.296 e. The number of aryl methyl sites for hydroxylation is 2. The van der Waals surface area contributed by atoms with E-state index in [1.807, 2.05) is 50.2 Å². The molecule has 3 aromatic carbocycles. The van der Waals surface area contributed by atoms with Gasteiger partial charge in [0.05, 0.1) is 22.1 Å². The molecule has 0 aliphatic rings. The van der Waals surface area contributed by atoms with Gasteiger partial charge in [0.25, 0.3) is 0 Å². The van der Waals surface area contributed by atoms with Gasteiger partial charge in [0.2, 0.25) is 0 Å².